The Kier molecular flexibility index (Phi) is 6.98. The van der Waals surface area contributed by atoms with Crippen molar-refractivity contribution in [2.24, 2.45) is 5.10 Å². The fraction of sp³-hybridized carbons (Fsp3) is 0.286. The van der Waals surface area contributed by atoms with Crippen LogP contribution in [0.25, 0.3) is 10.9 Å². The molecule has 3 aromatic rings. The lowest BCUT2D eigenvalue weighted by Crippen LogP contribution is -2.23. The molecule has 1 aromatic heterocycles. The lowest BCUT2D eigenvalue weighted by molar-refractivity contribution is 0.340. The van der Waals surface area contributed by atoms with Gasteiger partial charge in [0.15, 0.2) is 5.75 Å². The molecule has 29 heavy (non-hydrogen) atoms. The summed E-state index contributed by atoms with van der Waals surface area (Å²) in [6.07, 6.45) is 2.37. The highest BCUT2D eigenvalue weighted by atomic mass is 79.9. The molecular formula is C21H20BrCl2N3O2. The number of halogens is 3. The van der Waals surface area contributed by atoms with Crippen LogP contribution in [-0.4, -0.2) is 22.5 Å². The highest BCUT2D eigenvalue weighted by Gasteiger charge is 2.16. The third-order valence-corrected chi connectivity index (χ3v) is 5.57. The average Bonchev–Trinajstić information content (AvgIpc) is 2.69. The Morgan fingerprint density at radius 1 is 1.24 bits per heavy atom. The lowest BCUT2D eigenvalue weighted by Gasteiger charge is -2.14. The van der Waals surface area contributed by atoms with Crippen molar-refractivity contribution in [3.8, 4) is 5.75 Å². The van der Waals surface area contributed by atoms with E-state index < -0.39 is 0 Å². The summed E-state index contributed by atoms with van der Waals surface area (Å²) >= 11 is 15.9. The zero-order chi connectivity index (χ0) is 21.1. The molecule has 1 atom stereocenters. The van der Waals surface area contributed by atoms with Crippen molar-refractivity contribution in [3.63, 3.8) is 0 Å². The fourth-order valence-electron chi connectivity index (χ4n) is 2.84. The minimum absolute atomic E-state index is 0.0559. The van der Waals surface area contributed by atoms with E-state index in [1.807, 2.05) is 32.9 Å². The molecule has 8 heteroatoms. The molecule has 0 saturated heterocycles. The number of rotatable bonds is 6. The maximum atomic E-state index is 13.1. The van der Waals surface area contributed by atoms with E-state index in [4.69, 9.17) is 27.9 Å². The van der Waals surface area contributed by atoms with Crippen molar-refractivity contribution >= 4 is 56.2 Å². The van der Waals surface area contributed by atoms with Crippen LogP contribution >= 0.6 is 39.1 Å². The Bertz CT molecular complexity index is 1120. The second kappa shape index (κ2) is 9.28. The zero-order valence-electron chi connectivity index (χ0n) is 16.2. The van der Waals surface area contributed by atoms with Gasteiger partial charge in [-0.15, -0.1) is 0 Å². The van der Waals surface area contributed by atoms with Crippen molar-refractivity contribution in [1.82, 2.24) is 9.66 Å². The number of hydrogen-bond acceptors (Lipinski definition) is 4. The minimum Gasteiger partial charge on any atom is -0.491 e. The smallest absolute Gasteiger partial charge is 0.282 e. The van der Waals surface area contributed by atoms with Gasteiger partial charge in [-0.25, -0.2) is 4.98 Å². The van der Waals surface area contributed by atoms with Crippen LogP contribution in [0.2, 0.25) is 10.0 Å². The largest absolute Gasteiger partial charge is 0.491 e. The predicted octanol–water partition coefficient (Wildman–Crippen LogP) is 6.26. The Balaban J connectivity index is 2.13. The van der Waals surface area contributed by atoms with Crippen molar-refractivity contribution in [1.29, 1.82) is 0 Å². The Labute approximate surface area is 187 Å². The molecule has 1 heterocycles. The molecule has 0 aliphatic rings. The molecule has 0 unspecified atom stereocenters. The van der Waals surface area contributed by atoms with Crippen molar-refractivity contribution < 1.29 is 4.74 Å². The van der Waals surface area contributed by atoms with Gasteiger partial charge < -0.3 is 4.74 Å². The van der Waals surface area contributed by atoms with Gasteiger partial charge in [-0.2, -0.15) is 9.78 Å². The number of fused-ring (bicyclic) bond motifs is 1. The van der Waals surface area contributed by atoms with Gasteiger partial charge in [0.2, 0.25) is 0 Å². The summed E-state index contributed by atoms with van der Waals surface area (Å²) in [6, 6.07) is 8.84. The number of hydrogen-bond donors (Lipinski definition) is 0. The van der Waals surface area contributed by atoms with Crippen LogP contribution in [0.3, 0.4) is 0 Å². The Morgan fingerprint density at radius 2 is 1.93 bits per heavy atom. The summed E-state index contributed by atoms with van der Waals surface area (Å²) in [5, 5.41) is 5.69. The molecule has 5 nitrogen and oxygen atoms in total. The van der Waals surface area contributed by atoms with Crippen LogP contribution in [0.4, 0.5) is 0 Å². The zero-order valence-corrected chi connectivity index (χ0v) is 19.3. The summed E-state index contributed by atoms with van der Waals surface area (Å²) in [4.78, 5) is 17.8. The number of nitrogens with zero attached hydrogens (tertiary/aromatic N) is 3. The Hall–Kier alpha value is -1.89. The summed E-state index contributed by atoms with van der Waals surface area (Å²) < 4.78 is 7.61. The Morgan fingerprint density at radius 3 is 2.55 bits per heavy atom. The van der Waals surface area contributed by atoms with E-state index in [1.165, 1.54) is 4.68 Å². The third-order valence-electron chi connectivity index (χ3n) is 4.52. The van der Waals surface area contributed by atoms with Crippen molar-refractivity contribution in [2.45, 2.75) is 33.1 Å². The van der Waals surface area contributed by atoms with Crippen LogP contribution in [0.15, 0.2) is 44.7 Å². The van der Waals surface area contributed by atoms with Gasteiger partial charge in [-0.3, -0.25) is 4.79 Å². The molecule has 0 saturated carbocycles. The van der Waals surface area contributed by atoms with Gasteiger partial charge in [-0.1, -0.05) is 53.0 Å². The van der Waals surface area contributed by atoms with Crippen LogP contribution in [0, 0.1) is 0 Å². The summed E-state index contributed by atoms with van der Waals surface area (Å²) in [7, 11) is 0. The molecule has 0 N–H and O–H groups in total. The number of benzene rings is 2. The van der Waals surface area contributed by atoms with Gasteiger partial charge in [0, 0.05) is 10.4 Å². The SMILES string of the molecule is CCOc1c(Cl)cc(C=Nn2c([C@@H](C)CC)nc3ccc(Br)cc3c2=O)cc1Cl. The van der Waals surface area contributed by atoms with Gasteiger partial charge in [-0.05, 0) is 49.2 Å². The molecule has 3 rings (SSSR count). The van der Waals surface area contributed by atoms with Crippen LogP contribution in [0.5, 0.6) is 5.75 Å². The molecule has 0 fully saturated rings. The van der Waals surface area contributed by atoms with Crippen LogP contribution in [0.1, 0.15) is 44.5 Å². The highest BCUT2D eigenvalue weighted by molar-refractivity contribution is 9.10. The molecule has 0 spiro atoms. The normalized spacial score (nSPS) is 12.6. The average molecular weight is 497 g/mol. The molecule has 0 bridgehead atoms. The molecule has 0 aliphatic carbocycles. The topological polar surface area (TPSA) is 56.5 Å². The second-order valence-electron chi connectivity index (χ2n) is 6.55. The van der Waals surface area contributed by atoms with E-state index in [9.17, 15) is 4.79 Å². The summed E-state index contributed by atoms with van der Waals surface area (Å²) in [5.74, 6) is 1.09. The first-order chi connectivity index (χ1) is 13.8. The molecule has 0 radical (unpaired) electrons. The summed E-state index contributed by atoms with van der Waals surface area (Å²) in [6.45, 7) is 6.38. The van der Waals surface area contributed by atoms with Crippen molar-refractivity contribution in [3.05, 3.63) is 66.6 Å². The van der Waals surface area contributed by atoms with E-state index in [-0.39, 0.29) is 11.5 Å². The van der Waals surface area contributed by atoms with Crippen molar-refractivity contribution in [2.75, 3.05) is 6.61 Å². The van der Waals surface area contributed by atoms with E-state index >= 15 is 0 Å². The van der Waals surface area contributed by atoms with Crippen LogP contribution in [-0.2, 0) is 0 Å². The first kappa shape index (κ1) is 21.8. The van der Waals surface area contributed by atoms with E-state index in [0.29, 0.717) is 44.7 Å². The standard InChI is InChI=1S/C21H20BrCl2N3O2/c1-4-12(3)20-26-18-7-6-14(22)10-15(18)21(28)27(20)25-11-13-8-16(23)19(29-5-2)17(24)9-13/h6-12H,4-5H2,1-3H3/t12-/m0/s1. The van der Waals surface area contributed by atoms with E-state index in [0.717, 1.165) is 10.9 Å². The molecule has 152 valence electrons. The molecule has 0 aliphatic heterocycles. The van der Waals surface area contributed by atoms with E-state index in [1.54, 1.807) is 24.4 Å². The maximum Gasteiger partial charge on any atom is 0.282 e. The van der Waals surface area contributed by atoms with Gasteiger partial charge in [0.05, 0.1) is 33.8 Å². The lowest BCUT2D eigenvalue weighted by atomic mass is 10.1. The van der Waals surface area contributed by atoms with Gasteiger partial charge in [0.25, 0.3) is 5.56 Å². The molecule has 0 amide bonds. The van der Waals surface area contributed by atoms with Gasteiger partial charge >= 0.3 is 0 Å². The number of aromatic nitrogens is 2. The van der Waals surface area contributed by atoms with Crippen LogP contribution < -0.4 is 10.3 Å². The highest BCUT2D eigenvalue weighted by Crippen LogP contribution is 2.33. The molecule has 2 aromatic carbocycles. The second-order valence-corrected chi connectivity index (χ2v) is 8.28. The van der Waals surface area contributed by atoms with Gasteiger partial charge in [0.1, 0.15) is 5.82 Å². The van der Waals surface area contributed by atoms with E-state index in [2.05, 4.69) is 26.0 Å². The maximum absolute atomic E-state index is 13.1. The minimum atomic E-state index is -0.231. The summed E-state index contributed by atoms with van der Waals surface area (Å²) in [5.41, 5.74) is 1.07. The number of ether oxygens (including phenoxy) is 1. The molecular weight excluding hydrogens is 477 g/mol. The fourth-order valence-corrected chi connectivity index (χ4v) is 3.81. The quantitative estimate of drug-likeness (QED) is 0.378. The first-order valence-corrected chi connectivity index (χ1v) is 10.8. The first-order valence-electron chi connectivity index (χ1n) is 9.24. The predicted molar refractivity (Wildman–Crippen MR) is 123 cm³/mol. The third kappa shape index (κ3) is 4.65. The monoisotopic (exact) mass is 495 g/mol.